The number of esters is 1. The van der Waals surface area contributed by atoms with Crippen LogP contribution in [0.2, 0.25) is 0 Å². The van der Waals surface area contributed by atoms with Crippen LogP contribution in [0.1, 0.15) is 86.6 Å². The lowest BCUT2D eigenvalue weighted by Crippen LogP contribution is -2.54. The van der Waals surface area contributed by atoms with Gasteiger partial charge in [0.25, 0.3) is 0 Å². The molecular formula is C30H49N3O5. The van der Waals surface area contributed by atoms with E-state index in [1.165, 1.54) is 39.2 Å². The number of nitrogens with one attached hydrogen (secondary N) is 2. The first kappa shape index (κ1) is 30.4. The van der Waals surface area contributed by atoms with Crippen molar-refractivity contribution in [3.05, 3.63) is 35.4 Å². The van der Waals surface area contributed by atoms with Gasteiger partial charge in [0, 0.05) is 45.3 Å². The lowest BCUT2D eigenvalue weighted by atomic mass is 9.74. The molecule has 0 aromatic heterocycles. The van der Waals surface area contributed by atoms with Crippen LogP contribution >= 0.6 is 0 Å². The molecule has 8 nitrogen and oxygen atoms in total. The van der Waals surface area contributed by atoms with Gasteiger partial charge in [-0.3, -0.25) is 0 Å². The zero-order valence-electron chi connectivity index (χ0n) is 23.7. The van der Waals surface area contributed by atoms with Crippen LogP contribution in [0.4, 0.5) is 4.79 Å². The quantitative estimate of drug-likeness (QED) is 0.257. The van der Waals surface area contributed by atoms with Crippen molar-refractivity contribution in [3.8, 4) is 0 Å². The number of benzene rings is 1. The van der Waals surface area contributed by atoms with E-state index in [2.05, 4.69) is 10.6 Å². The van der Waals surface area contributed by atoms with Crippen molar-refractivity contribution < 1.29 is 24.2 Å². The van der Waals surface area contributed by atoms with E-state index in [1.807, 2.05) is 18.0 Å². The largest absolute Gasteiger partial charge is 0.465 e. The molecule has 2 amide bonds. The minimum atomic E-state index is -1.16. The Balaban J connectivity index is 1.74. The minimum Gasteiger partial charge on any atom is -0.465 e. The molecule has 8 heteroatoms. The van der Waals surface area contributed by atoms with E-state index in [-0.39, 0.29) is 18.0 Å². The molecule has 1 saturated heterocycles. The summed E-state index contributed by atoms with van der Waals surface area (Å²) in [5.41, 5.74) is -0.0396. The molecule has 0 bridgehead atoms. The molecule has 2 fully saturated rings. The first-order valence-electron chi connectivity index (χ1n) is 14.5. The van der Waals surface area contributed by atoms with E-state index >= 15 is 0 Å². The van der Waals surface area contributed by atoms with Crippen LogP contribution in [-0.2, 0) is 15.1 Å². The fourth-order valence-electron chi connectivity index (χ4n) is 6.34. The van der Waals surface area contributed by atoms with E-state index in [9.17, 15) is 14.7 Å². The third-order valence-corrected chi connectivity index (χ3v) is 8.44. The van der Waals surface area contributed by atoms with E-state index in [0.717, 1.165) is 38.6 Å². The van der Waals surface area contributed by atoms with Gasteiger partial charge in [-0.2, -0.15) is 0 Å². The Hall–Kier alpha value is -2.16. The number of aliphatic hydroxyl groups is 1. The average molecular weight is 532 g/mol. The monoisotopic (exact) mass is 531 g/mol. The SMILES string of the molecule is CNC[C@H](CC1CCCCC1)NC(=O)N1CCC[C@@H]([C@](O)(CCCCOC)c2cccc(C(=O)OC)c2)C1. The molecule has 1 heterocycles. The van der Waals surface area contributed by atoms with Gasteiger partial charge in [0.15, 0.2) is 0 Å². The zero-order valence-corrected chi connectivity index (χ0v) is 23.7. The van der Waals surface area contributed by atoms with Gasteiger partial charge in [0.2, 0.25) is 0 Å². The van der Waals surface area contributed by atoms with Gasteiger partial charge in [-0.1, -0.05) is 44.2 Å². The molecular weight excluding hydrogens is 482 g/mol. The van der Waals surface area contributed by atoms with Crippen molar-refractivity contribution >= 4 is 12.0 Å². The number of likely N-dealkylation sites (N-methyl/N-ethyl adjacent to an activating group) is 1. The number of nitrogens with zero attached hydrogens (tertiary/aromatic N) is 1. The molecule has 1 saturated carbocycles. The van der Waals surface area contributed by atoms with Crippen LogP contribution in [0.15, 0.2) is 24.3 Å². The van der Waals surface area contributed by atoms with E-state index < -0.39 is 11.6 Å². The van der Waals surface area contributed by atoms with Crippen LogP contribution in [0.5, 0.6) is 0 Å². The summed E-state index contributed by atoms with van der Waals surface area (Å²) in [5.74, 6) is 0.112. The molecule has 1 aromatic rings. The Morgan fingerprint density at radius 2 is 1.92 bits per heavy atom. The number of carbonyl (C=O) groups is 2. The van der Waals surface area contributed by atoms with Crippen molar-refractivity contribution in [2.24, 2.45) is 11.8 Å². The average Bonchev–Trinajstić information content (AvgIpc) is 2.95. The number of amides is 2. The highest BCUT2D eigenvalue weighted by Gasteiger charge is 2.41. The first-order chi connectivity index (χ1) is 18.4. The highest BCUT2D eigenvalue weighted by molar-refractivity contribution is 5.89. The Bertz CT molecular complexity index is 875. The summed E-state index contributed by atoms with van der Waals surface area (Å²) in [6.07, 6.45) is 11.2. The van der Waals surface area contributed by atoms with Gasteiger partial charge in [0.05, 0.1) is 18.3 Å². The molecule has 0 spiro atoms. The lowest BCUT2D eigenvalue weighted by Gasteiger charge is -2.43. The number of ether oxygens (including phenoxy) is 2. The topological polar surface area (TPSA) is 100 Å². The fourth-order valence-corrected chi connectivity index (χ4v) is 6.34. The van der Waals surface area contributed by atoms with Gasteiger partial charge in [-0.05, 0) is 69.2 Å². The molecule has 0 unspecified atom stereocenters. The molecule has 0 radical (unpaired) electrons. The molecule has 3 atom stereocenters. The predicted molar refractivity (Wildman–Crippen MR) is 149 cm³/mol. The number of rotatable bonds is 13. The molecule has 214 valence electrons. The molecule has 3 rings (SSSR count). The number of unbranched alkanes of at least 4 members (excludes halogenated alkanes) is 1. The van der Waals surface area contributed by atoms with Crippen molar-refractivity contribution in [3.63, 3.8) is 0 Å². The smallest absolute Gasteiger partial charge is 0.337 e. The van der Waals surface area contributed by atoms with E-state index in [1.54, 1.807) is 25.3 Å². The third-order valence-electron chi connectivity index (χ3n) is 8.44. The lowest BCUT2D eigenvalue weighted by molar-refractivity contribution is -0.0564. The maximum absolute atomic E-state index is 13.4. The highest BCUT2D eigenvalue weighted by Crippen LogP contribution is 2.40. The van der Waals surface area contributed by atoms with Gasteiger partial charge >= 0.3 is 12.0 Å². The second-order valence-electron chi connectivity index (χ2n) is 11.2. The normalized spacial score (nSPS) is 20.9. The number of carbonyl (C=O) groups excluding carboxylic acids is 2. The van der Waals surface area contributed by atoms with E-state index in [4.69, 9.17) is 9.47 Å². The van der Waals surface area contributed by atoms with Crippen molar-refractivity contribution in [1.29, 1.82) is 0 Å². The summed E-state index contributed by atoms with van der Waals surface area (Å²) in [5, 5.41) is 18.8. The van der Waals surface area contributed by atoms with Gasteiger partial charge in [0.1, 0.15) is 0 Å². The summed E-state index contributed by atoms with van der Waals surface area (Å²) in [6, 6.07) is 7.18. The Morgan fingerprint density at radius 3 is 2.63 bits per heavy atom. The number of hydrogen-bond donors (Lipinski definition) is 3. The van der Waals surface area contributed by atoms with Crippen LogP contribution in [0, 0.1) is 11.8 Å². The number of urea groups is 1. The Labute approximate surface area is 228 Å². The minimum absolute atomic E-state index is 0.0456. The van der Waals surface area contributed by atoms with Gasteiger partial charge in [-0.15, -0.1) is 0 Å². The Kier molecular flexibility index (Phi) is 12.3. The number of hydrogen-bond acceptors (Lipinski definition) is 6. The Morgan fingerprint density at radius 1 is 1.13 bits per heavy atom. The second-order valence-corrected chi connectivity index (χ2v) is 11.2. The fraction of sp³-hybridized carbons (Fsp3) is 0.733. The predicted octanol–water partition coefficient (Wildman–Crippen LogP) is 4.46. The van der Waals surface area contributed by atoms with Crippen molar-refractivity contribution in [1.82, 2.24) is 15.5 Å². The first-order valence-corrected chi connectivity index (χ1v) is 14.5. The van der Waals surface area contributed by atoms with Crippen LogP contribution in [-0.4, -0.2) is 75.6 Å². The molecule has 2 aliphatic rings. The standard InChI is InChI=1S/C30H49N3O5/c1-31-21-27(19-23-11-5-4-6-12-23)32-29(35)33-17-10-15-26(22-33)30(36,16-7-8-18-37-2)25-14-9-13-24(20-25)28(34)38-3/h9,13-14,20,23,26-27,31,36H,4-8,10-12,15-19,21-22H2,1-3H3,(H,32,35)/t26-,27+,30+/m1/s1. The van der Waals surface area contributed by atoms with Crippen molar-refractivity contribution in [2.75, 3.05) is 47.5 Å². The highest BCUT2D eigenvalue weighted by atomic mass is 16.5. The molecule has 3 N–H and O–H groups in total. The van der Waals surface area contributed by atoms with Crippen molar-refractivity contribution in [2.45, 2.75) is 82.3 Å². The maximum Gasteiger partial charge on any atom is 0.337 e. The van der Waals surface area contributed by atoms with Crippen LogP contribution in [0.25, 0.3) is 0 Å². The molecule has 38 heavy (non-hydrogen) atoms. The maximum atomic E-state index is 13.4. The van der Waals surface area contributed by atoms with E-state index in [0.29, 0.717) is 43.2 Å². The molecule has 1 aromatic carbocycles. The summed E-state index contributed by atoms with van der Waals surface area (Å²) in [6.45, 7) is 2.54. The van der Waals surface area contributed by atoms with Gasteiger partial charge in [-0.25, -0.2) is 9.59 Å². The summed E-state index contributed by atoms with van der Waals surface area (Å²) in [4.78, 5) is 27.5. The number of piperidine rings is 1. The molecule has 1 aliphatic carbocycles. The van der Waals surface area contributed by atoms with Gasteiger partial charge < -0.3 is 30.1 Å². The number of methoxy groups -OCH3 is 2. The summed E-state index contributed by atoms with van der Waals surface area (Å²) >= 11 is 0. The molecule has 1 aliphatic heterocycles. The summed E-state index contributed by atoms with van der Waals surface area (Å²) < 4.78 is 10.1. The number of likely N-dealkylation sites (tertiary alicyclic amines) is 1. The third kappa shape index (κ3) is 8.42. The zero-order chi connectivity index (χ0) is 27.4. The summed E-state index contributed by atoms with van der Waals surface area (Å²) in [7, 11) is 4.97. The second kappa shape index (κ2) is 15.4. The van der Waals surface area contributed by atoms with Crippen LogP contribution in [0.3, 0.4) is 0 Å². The van der Waals surface area contributed by atoms with Crippen LogP contribution < -0.4 is 10.6 Å².